The number of hydrogen-bond donors (Lipinski definition) is 2. The van der Waals surface area contributed by atoms with E-state index in [2.05, 4.69) is 5.32 Å². The SMILES string of the molecule is Cc1ccccc1C(=O)Nc1ccc(C(=O)N2CCCC(O)c3c(Cl)cccc32)cc1. The van der Waals surface area contributed by atoms with E-state index in [1.807, 2.05) is 31.2 Å². The lowest BCUT2D eigenvalue weighted by Crippen LogP contribution is -2.31. The number of nitrogens with one attached hydrogen (secondary N) is 1. The van der Waals surface area contributed by atoms with Crippen molar-refractivity contribution in [2.45, 2.75) is 25.9 Å². The quantitative estimate of drug-likeness (QED) is 0.581. The second-order valence-electron chi connectivity index (χ2n) is 7.63. The van der Waals surface area contributed by atoms with Crippen LogP contribution in [0.2, 0.25) is 5.02 Å². The average Bonchev–Trinajstić information content (AvgIpc) is 2.93. The molecule has 1 heterocycles. The van der Waals surface area contributed by atoms with Crippen molar-refractivity contribution in [3.8, 4) is 0 Å². The molecule has 3 aromatic rings. The maximum absolute atomic E-state index is 13.2. The first kappa shape index (κ1) is 21.1. The number of halogens is 1. The van der Waals surface area contributed by atoms with Gasteiger partial charge in [-0.25, -0.2) is 0 Å². The normalized spacial score (nSPS) is 15.7. The molecule has 158 valence electrons. The number of aryl methyl sites for hydroxylation is 1. The highest BCUT2D eigenvalue weighted by Gasteiger charge is 2.27. The highest BCUT2D eigenvalue weighted by molar-refractivity contribution is 6.32. The zero-order valence-electron chi connectivity index (χ0n) is 17.1. The zero-order valence-corrected chi connectivity index (χ0v) is 17.9. The van der Waals surface area contributed by atoms with Gasteiger partial charge in [0, 0.05) is 33.9 Å². The standard InChI is InChI=1S/C25H23ClN2O3/c1-16-6-2-3-7-19(16)24(30)27-18-13-11-17(12-14-18)25(31)28-15-5-10-22(29)23-20(26)8-4-9-21(23)28/h2-4,6-9,11-14,22,29H,5,10,15H2,1H3,(H,27,30). The summed E-state index contributed by atoms with van der Waals surface area (Å²) >= 11 is 6.32. The van der Waals surface area contributed by atoms with E-state index in [4.69, 9.17) is 11.6 Å². The lowest BCUT2D eigenvalue weighted by molar-refractivity contribution is 0.0985. The van der Waals surface area contributed by atoms with Gasteiger partial charge in [0.2, 0.25) is 0 Å². The van der Waals surface area contributed by atoms with Crippen LogP contribution in [0.25, 0.3) is 0 Å². The molecule has 2 N–H and O–H groups in total. The van der Waals surface area contributed by atoms with E-state index in [1.54, 1.807) is 47.4 Å². The molecular weight excluding hydrogens is 412 g/mol. The lowest BCUT2D eigenvalue weighted by atomic mass is 10.0. The molecule has 6 heteroatoms. The Balaban J connectivity index is 1.55. The summed E-state index contributed by atoms with van der Waals surface area (Å²) in [6.07, 6.45) is 0.521. The molecule has 1 unspecified atom stereocenters. The Hall–Kier alpha value is -3.15. The fourth-order valence-corrected chi connectivity index (χ4v) is 4.18. The molecule has 31 heavy (non-hydrogen) atoms. The maximum atomic E-state index is 13.2. The largest absolute Gasteiger partial charge is 0.388 e. The summed E-state index contributed by atoms with van der Waals surface area (Å²) in [4.78, 5) is 27.4. The number of carbonyl (C=O) groups is 2. The topological polar surface area (TPSA) is 69.6 Å². The minimum absolute atomic E-state index is 0.172. The van der Waals surface area contributed by atoms with Crippen molar-refractivity contribution in [1.82, 2.24) is 0 Å². The third kappa shape index (κ3) is 4.33. The molecule has 0 bridgehead atoms. The van der Waals surface area contributed by atoms with Crippen molar-refractivity contribution >= 4 is 34.8 Å². The molecule has 0 aliphatic carbocycles. The molecule has 0 aromatic heterocycles. The van der Waals surface area contributed by atoms with Gasteiger partial charge in [-0.15, -0.1) is 0 Å². The Labute approximate surface area is 186 Å². The van der Waals surface area contributed by atoms with Crippen LogP contribution in [0.15, 0.2) is 66.7 Å². The van der Waals surface area contributed by atoms with Gasteiger partial charge < -0.3 is 15.3 Å². The number of amides is 2. The van der Waals surface area contributed by atoms with Crippen LogP contribution >= 0.6 is 11.6 Å². The average molecular weight is 435 g/mol. The van der Waals surface area contributed by atoms with Crippen LogP contribution in [-0.2, 0) is 0 Å². The molecule has 2 amide bonds. The lowest BCUT2D eigenvalue weighted by Gasteiger charge is -2.24. The molecule has 1 aliphatic heterocycles. The van der Waals surface area contributed by atoms with Crippen LogP contribution in [-0.4, -0.2) is 23.5 Å². The monoisotopic (exact) mass is 434 g/mol. The summed E-state index contributed by atoms with van der Waals surface area (Å²) in [5.41, 5.74) is 3.85. The van der Waals surface area contributed by atoms with Gasteiger partial charge in [0.05, 0.1) is 11.8 Å². The molecular formula is C25H23ClN2O3. The number of benzene rings is 3. The van der Waals surface area contributed by atoms with E-state index in [1.165, 1.54) is 0 Å². The Bertz CT molecular complexity index is 1130. The molecule has 0 saturated carbocycles. The van der Waals surface area contributed by atoms with Crippen molar-refractivity contribution in [3.63, 3.8) is 0 Å². The van der Waals surface area contributed by atoms with Crippen LogP contribution in [0.5, 0.6) is 0 Å². The van der Waals surface area contributed by atoms with E-state index in [-0.39, 0.29) is 11.8 Å². The zero-order chi connectivity index (χ0) is 22.0. The minimum atomic E-state index is -0.694. The third-order valence-electron chi connectivity index (χ3n) is 5.54. The number of hydrogen-bond acceptors (Lipinski definition) is 3. The molecule has 0 fully saturated rings. The van der Waals surface area contributed by atoms with Gasteiger partial charge in [0.1, 0.15) is 0 Å². The highest BCUT2D eigenvalue weighted by Crippen LogP contribution is 2.38. The number of aliphatic hydroxyl groups excluding tert-OH is 1. The summed E-state index contributed by atoms with van der Waals surface area (Å²) in [6.45, 7) is 2.38. The van der Waals surface area contributed by atoms with Crippen LogP contribution in [0.3, 0.4) is 0 Å². The van der Waals surface area contributed by atoms with Crippen molar-refractivity contribution in [1.29, 1.82) is 0 Å². The Morgan fingerprint density at radius 3 is 2.52 bits per heavy atom. The predicted molar refractivity (Wildman–Crippen MR) is 123 cm³/mol. The van der Waals surface area contributed by atoms with Gasteiger partial charge in [-0.1, -0.05) is 35.9 Å². The summed E-state index contributed by atoms with van der Waals surface area (Å²) in [7, 11) is 0. The number of carbonyl (C=O) groups excluding carboxylic acids is 2. The molecule has 0 saturated heterocycles. The van der Waals surface area contributed by atoms with Gasteiger partial charge in [0.25, 0.3) is 11.8 Å². The molecule has 3 aromatic carbocycles. The fourth-order valence-electron chi connectivity index (χ4n) is 3.89. The van der Waals surface area contributed by atoms with Crippen molar-refractivity contribution in [2.24, 2.45) is 0 Å². The van der Waals surface area contributed by atoms with E-state index in [0.29, 0.717) is 52.5 Å². The summed E-state index contributed by atoms with van der Waals surface area (Å²) in [5.74, 6) is -0.364. The van der Waals surface area contributed by atoms with E-state index in [9.17, 15) is 14.7 Å². The molecule has 4 rings (SSSR count). The number of anilines is 2. The van der Waals surface area contributed by atoms with Crippen molar-refractivity contribution < 1.29 is 14.7 Å². The number of aliphatic hydroxyl groups is 1. The first-order valence-corrected chi connectivity index (χ1v) is 10.6. The highest BCUT2D eigenvalue weighted by atomic mass is 35.5. The smallest absolute Gasteiger partial charge is 0.258 e. The van der Waals surface area contributed by atoms with Gasteiger partial charge in [-0.3, -0.25) is 9.59 Å². The number of rotatable bonds is 3. The van der Waals surface area contributed by atoms with Crippen LogP contribution in [0.1, 0.15) is 50.8 Å². The number of nitrogens with zero attached hydrogens (tertiary/aromatic N) is 1. The first-order chi connectivity index (χ1) is 15.0. The summed E-state index contributed by atoms with van der Waals surface area (Å²) in [6, 6.07) is 19.5. The molecule has 1 atom stereocenters. The van der Waals surface area contributed by atoms with Crippen LogP contribution in [0, 0.1) is 6.92 Å². The Morgan fingerprint density at radius 1 is 1.03 bits per heavy atom. The number of fused-ring (bicyclic) bond motifs is 1. The second-order valence-corrected chi connectivity index (χ2v) is 8.04. The molecule has 0 spiro atoms. The van der Waals surface area contributed by atoms with Crippen LogP contribution in [0.4, 0.5) is 11.4 Å². The Morgan fingerprint density at radius 2 is 1.77 bits per heavy atom. The fraction of sp³-hybridized carbons (Fsp3) is 0.200. The van der Waals surface area contributed by atoms with Gasteiger partial charge in [-0.05, 0) is 67.8 Å². The van der Waals surface area contributed by atoms with E-state index in [0.717, 1.165) is 5.56 Å². The summed E-state index contributed by atoms with van der Waals surface area (Å²) in [5, 5.41) is 13.8. The maximum Gasteiger partial charge on any atom is 0.258 e. The van der Waals surface area contributed by atoms with Crippen LogP contribution < -0.4 is 10.2 Å². The molecule has 1 aliphatic rings. The van der Waals surface area contributed by atoms with E-state index >= 15 is 0 Å². The first-order valence-electron chi connectivity index (χ1n) is 10.2. The molecule has 0 radical (unpaired) electrons. The minimum Gasteiger partial charge on any atom is -0.388 e. The van der Waals surface area contributed by atoms with Gasteiger partial charge >= 0.3 is 0 Å². The van der Waals surface area contributed by atoms with Gasteiger partial charge in [0.15, 0.2) is 0 Å². The second kappa shape index (κ2) is 8.92. The van der Waals surface area contributed by atoms with Gasteiger partial charge in [-0.2, -0.15) is 0 Å². The molecule has 5 nitrogen and oxygen atoms in total. The summed E-state index contributed by atoms with van der Waals surface area (Å²) < 4.78 is 0. The predicted octanol–water partition coefficient (Wildman–Crippen LogP) is 5.37. The van der Waals surface area contributed by atoms with Crippen molar-refractivity contribution in [3.05, 3.63) is 94.0 Å². The third-order valence-corrected chi connectivity index (χ3v) is 5.87. The van der Waals surface area contributed by atoms with E-state index < -0.39 is 6.10 Å². The van der Waals surface area contributed by atoms with Crippen molar-refractivity contribution in [2.75, 3.05) is 16.8 Å². The Kier molecular flexibility index (Phi) is 6.07.